The summed E-state index contributed by atoms with van der Waals surface area (Å²) in [5.74, 6) is 0. The second-order valence-electron chi connectivity index (χ2n) is 14.2. The fourth-order valence-electron chi connectivity index (χ4n) is 8.39. The van der Waals surface area contributed by atoms with Gasteiger partial charge in [-0.15, -0.1) is 0 Å². The molecule has 0 fully saturated rings. The first-order valence-electron chi connectivity index (χ1n) is 18.7. The normalized spacial score (nSPS) is 14.1. The van der Waals surface area contributed by atoms with E-state index in [1.165, 1.54) is 26.3 Å². The smallest absolute Gasteiger partial charge is 0.154 e. The number of benzene rings is 8. The van der Waals surface area contributed by atoms with E-state index in [0.29, 0.717) is 0 Å². The molecule has 0 spiro atoms. The van der Waals surface area contributed by atoms with E-state index in [1.54, 1.807) is 0 Å². The Labute approximate surface area is 320 Å². The van der Waals surface area contributed by atoms with Crippen LogP contribution in [0.3, 0.4) is 0 Å². The van der Waals surface area contributed by atoms with Crippen LogP contribution in [0.2, 0.25) is 0 Å². The molecule has 55 heavy (non-hydrogen) atoms. The average Bonchev–Trinajstić information content (AvgIpc) is 3.78. The van der Waals surface area contributed by atoms with E-state index in [2.05, 4.69) is 198 Å². The Kier molecular flexibility index (Phi) is 7.38. The molecule has 0 aliphatic carbocycles. The van der Waals surface area contributed by atoms with Gasteiger partial charge in [0, 0.05) is 44.0 Å². The summed E-state index contributed by atoms with van der Waals surface area (Å²) in [6, 6.07) is 69.8. The Bertz CT molecular complexity index is 3040. The molecular weight excluding hydrogens is 687 g/mol. The minimum atomic E-state index is -1.28. The second-order valence-corrected chi connectivity index (χ2v) is 16.7. The zero-order valence-corrected chi connectivity index (χ0v) is 30.9. The Morgan fingerprint density at radius 3 is 1.98 bits per heavy atom. The van der Waals surface area contributed by atoms with Gasteiger partial charge in [0.05, 0.1) is 16.7 Å². The van der Waals surface area contributed by atoms with Crippen LogP contribution >= 0.6 is 0 Å². The summed E-state index contributed by atoms with van der Waals surface area (Å²) in [5.41, 5.74) is 10.6. The molecule has 1 aliphatic rings. The molecule has 0 saturated heterocycles. The topological polar surface area (TPSA) is 42.5 Å². The van der Waals surface area contributed by atoms with Crippen LogP contribution in [0, 0.1) is 0 Å². The monoisotopic (exact) mass is 720 g/mol. The third kappa shape index (κ3) is 5.31. The molecule has 259 valence electrons. The first-order chi connectivity index (χ1) is 27.3. The summed E-state index contributed by atoms with van der Waals surface area (Å²) in [5, 5.41) is 12.4. The maximum absolute atomic E-state index is 6.49. The summed E-state index contributed by atoms with van der Waals surface area (Å²) < 4.78 is 8.91. The number of hydrogen-bond acceptors (Lipinski definition) is 3. The van der Waals surface area contributed by atoms with Crippen molar-refractivity contribution >= 4 is 79.5 Å². The van der Waals surface area contributed by atoms with Gasteiger partial charge in [0.25, 0.3) is 0 Å². The highest BCUT2D eigenvalue weighted by Crippen LogP contribution is 2.39. The van der Waals surface area contributed by atoms with Crippen LogP contribution < -0.4 is 20.9 Å². The van der Waals surface area contributed by atoms with Gasteiger partial charge in [-0.3, -0.25) is 4.99 Å². The van der Waals surface area contributed by atoms with E-state index in [1.807, 2.05) is 6.07 Å². The number of aliphatic imine (C=N–C) groups is 1. The number of para-hydroxylation sites is 2. The molecule has 10 aromatic rings. The molecule has 1 radical (unpaired) electrons. The summed E-state index contributed by atoms with van der Waals surface area (Å²) in [4.78, 5) is 5.35. The number of furan rings is 1. The van der Waals surface area contributed by atoms with Gasteiger partial charge in [0.15, 0.2) is 8.80 Å². The van der Waals surface area contributed by atoms with Crippen molar-refractivity contribution in [1.29, 1.82) is 0 Å². The van der Waals surface area contributed by atoms with Crippen molar-refractivity contribution in [2.45, 2.75) is 6.17 Å². The van der Waals surface area contributed by atoms with Gasteiger partial charge in [-0.1, -0.05) is 162 Å². The van der Waals surface area contributed by atoms with Crippen molar-refractivity contribution in [3.05, 3.63) is 211 Å². The van der Waals surface area contributed by atoms with Crippen LogP contribution in [0.25, 0.3) is 49.4 Å². The highest BCUT2D eigenvalue weighted by molar-refractivity contribution is 6.95. The molecule has 5 heteroatoms. The van der Waals surface area contributed by atoms with E-state index in [0.717, 1.165) is 66.7 Å². The van der Waals surface area contributed by atoms with E-state index in [-0.39, 0.29) is 6.17 Å². The fourth-order valence-corrected chi connectivity index (χ4v) is 11.0. The molecule has 1 unspecified atom stereocenters. The minimum absolute atomic E-state index is 0.254. The SMILES string of the molecule is c1ccc(C2=NC(c3cccc(-n4c5ccc([Si](c6ccccc6)c6ccccc6)cc5c5cc6oc7ccccc7c6cc54)c3)Nc3ccccc32)cc1. The average molecular weight is 721 g/mol. The highest BCUT2D eigenvalue weighted by atomic mass is 28.3. The standard InChI is InChI=1S/C50H34N3OSi/c1-4-15-33(16-5-1)49-40-24-10-12-25-44(40)51-50(52-49)34-17-14-18-35(29-34)53-45-28-27-38(55(36-19-6-2-7-20-36)37-21-8-3-9-22-37)30-41(45)42-32-48-43(31-46(42)53)39-23-11-13-26-47(39)54-48/h1-32,50-51H. The third-order valence-corrected chi connectivity index (χ3v) is 13.6. The largest absolute Gasteiger partial charge is 0.456 e. The molecule has 4 nitrogen and oxygen atoms in total. The molecule has 2 aromatic heterocycles. The molecule has 1 N–H and O–H groups in total. The molecule has 0 saturated carbocycles. The molecule has 0 amide bonds. The number of nitrogens with one attached hydrogen (secondary N) is 1. The first kappa shape index (κ1) is 31.6. The molecular formula is C50H34N3OSi. The van der Waals surface area contributed by atoms with Gasteiger partial charge < -0.3 is 14.3 Å². The van der Waals surface area contributed by atoms with Crippen LogP contribution in [0.4, 0.5) is 5.69 Å². The van der Waals surface area contributed by atoms with E-state index in [4.69, 9.17) is 9.41 Å². The molecule has 1 atom stereocenters. The van der Waals surface area contributed by atoms with E-state index in [9.17, 15) is 0 Å². The van der Waals surface area contributed by atoms with Crippen LogP contribution in [0.15, 0.2) is 204 Å². The molecule has 0 bridgehead atoms. The maximum atomic E-state index is 6.49. The lowest BCUT2D eigenvalue weighted by Gasteiger charge is -2.26. The third-order valence-electron chi connectivity index (χ3n) is 10.9. The Morgan fingerprint density at radius 1 is 0.491 bits per heavy atom. The Balaban J connectivity index is 1.13. The highest BCUT2D eigenvalue weighted by Gasteiger charge is 2.25. The molecule has 8 aromatic carbocycles. The van der Waals surface area contributed by atoms with Crippen molar-refractivity contribution < 1.29 is 4.42 Å². The summed E-state index contributed by atoms with van der Waals surface area (Å²) in [6.45, 7) is 0. The van der Waals surface area contributed by atoms with Crippen LogP contribution in [0.5, 0.6) is 0 Å². The van der Waals surface area contributed by atoms with Gasteiger partial charge in [-0.25, -0.2) is 0 Å². The lowest BCUT2D eigenvalue weighted by atomic mass is 9.97. The van der Waals surface area contributed by atoms with Gasteiger partial charge in [0.1, 0.15) is 17.3 Å². The first-order valence-corrected chi connectivity index (χ1v) is 20.2. The Hall–Kier alpha value is -6.95. The molecule has 1 aliphatic heterocycles. The van der Waals surface area contributed by atoms with Gasteiger partial charge >= 0.3 is 0 Å². The van der Waals surface area contributed by atoms with Crippen LogP contribution in [-0.4, -0.2) is 19.1 Å². The summed E-state index contributed by atoms with van der Waals surface area (Å²) in [6.07, 6.45) is -0.254. The minimum Gasteiger partial charge on any atom is -0.456 e. The lowest BCUT2D eigenvalue weighted by Crippen LogP contribution is -2.51. The number of hydrogen-bond donors (Lipinski definition) is 1. The van der Waals surface area contributed by atoms with Gasteiger partial charge in [-0.2, -0.15) is 0 Å². The van der Waals surface area contributed by atoms with E-state index < -0.39 is 8.80 Å². The van der Waals surface area contributed by atoms with Gasteiger partial charge in [0.2, 0.25) is 0 Å². The quantitative estimate of drug-likeness (QED) is 0.137. The van der Waals surface area contributed by atoms with Crippen molar-refractivity contribution in [1.82, 2.24) is 4.57 Å². The zero-order chi connectivity index (χ0) is 36.3. The molecule has 3 heterocycles. The van der Waals surface area contributed by atoms with Gasteiger partial charge in [-0.05, 0) is 53.2 Å². The number of nitrogens with zero attached hydrogens (tertiary/aromatic N) is 2. The molecule has 11 rings (SSSR count). The van der Waals surface area contributed by atoms with Crippen molar-refractivity contribution in [2.24, 2.45) is 4.99 Å². The number of anilines is 1. The van der Waals surface area contributed by atoms with E-state index >= 15 is 0 Å². The van der Waals surface area contributed by atoms with Crippen molar-refractivity contribution in [2.75, 3.05) is 5.32 Å². The fraction of sp³-hybridized carbons (Fsp3) is 0.0200. The summed E-state index contributed by atoms with van der Waals surface area (Å²) >= 11 is 0. The predicted octanol–water partition coefficient (Wildman–Crippen LogP) is 10.2. The number of aromatic nitrogens is 1. The Morgan fingerprint density at radius 2 is 1.18 bits per heavy atom. The predicted molar refractivity (Wildman–Crippen MR) is 230 cm³/mol. The van der Waals surface area contributed by atoms with Crippen LogP contribution in [-0.2, 0) is 0 Å². The number of fused-ring (bicyclic) bond motifs is 7. The second kappa shape index (κ2) is 12.9. The van der Waals surface area contributed by atoms with Crippen molar-refractivity contribution in [3.63, 3.8) is 0 Å². The maximum Gasteiger partial charge on any atom is 0.154 e. The zero-order valence-electron chi connectivity index (χ0n) is 29.9. The number of rotatable bonds is 6. The van der Waals surface area contributed by atoms with Crippen molar-refractivity contribution in [3.8, 4) is 5.69 Å². The summed E-state index contributed by atoms with van der Waals surface area (Å²) in [7, 11) is -1.28. The van der Waals surface area contributed by atoms with Crippen LogP contribution in [0.1, 0.15) is 22.9 Å². The lowest BCUT2D eigenvalue weighted by molar-refractivity contribution is 0.669.